The number of anilines is 1. The molecule has 0 spiro atoms. The Kier molecular flexibility index (Phi) is 2.86. The van der Waals surface area contributed by atoms with Gasteiger partial charge in [-0.25, -0.2) is 4.39 Å². The van der Waals surface area contributed by atoms with Crippen LogP contribution in [0.3, 0.4) is 0 Å². The minimum Gasteiger partial charge on any atom is -0.323 e. The van der Waals surface area contributed by atoms with Crippen LogP contribution in [0.2, 0.25) is 0 Å². The molecule has 1 heterocycles. The molecule has 1 N–H and O–H groups in total. The first-order chi connectivity index (χ1) is 7.72. The molecule has 82 valence electrons. The van der Waals surface area contributed by atoms with E-state index in [1.165, 1.54) is 6.07 Å². The Balaban J connectivity index is 2.22. The van der Waals surface area contributed by atoms with Crippen LogP contribution >= 0.6 is 0 Å². The van der Waals surface area contributed by atoms with Gasteiger partial charge in [-0.05, 0) is 24.5 Å². The summed E-state index contributed by atoms with van der Waals surface area (Å²) in [7, 11) is 0. The zero-order valence-corrected chi connectivity index (χ0v) is 8.66. The van der Waals surface area contributed by atoms with Gasteiger partial charge in [0.1, 0.15) is 5.82 Å². The van der Waals surface area contributed by atoms with Gasteiger partial charge >= 0.3 is 0 Å². The fourth-order valence-corrected chi connectivity index (χ4v) is 1.93. The molecule has 2 rings (SSSR count). The molecule has 0 aromatic heterocycles. The molecule has 4 heteroatoms. The van der Waals surface area contributed by atoms with E-state index in [-0.39, 0.29) is 11.8 Å². The second kappa shape index (κ2) is 4.31. The van der Waals surface area contributed by atoms with Gasteiger partial charge in [0, 0.05) is 12.3 Å². The van der Waals surface area contributed by atoms with E-state index in [4.69, 9.17) is 5.26 Å². The second-order valence-corrected chi connectivity index (χ2v) is 3.86. The van der Waals surface area contributed by atoms with Crippen LogP contribution in [0.1, 0.15) is 18.4 Å². The lowest BCUT2D eigenvalue weighted by atomic mass is 9.90. The molecular weight excluding hydrogens is 207 g/mol. The van der Waals surface area contributed by atoms with E-state index in [1.54, 1.807) is 12.1 Å². The van der Waals surface area contributed by atoms with Crippen molar-refractivity contribution >= 4 is 11.6 Å². The van der Waals surface area contributed by atoms with Gasteiger partial charge in [-0.3, -0.25) is 4.79 Å². The zero-order valence-electron chi connectivity index (χ0n) is 8.66. The van der Waals surface area contributed by atoms with E-state index in [2.05, 4.69) is 5.32 Å². The summed E-state index contributed by atoms with van der Waals surface area (Å²) in [5, 5.41) is 11.0. The van der Waals surface area contributed by atoms with Crippen LogP contribution in [0.5, 0.6) is 0 Å². The highest BCUT2D eigenvalue weighted by atomic mass is 19.1. The van der Waals surface area contributed by atoms with E-state index in [0.29, 0.717) is 24.9 Å². The number of benzene rings is 1. The van der Waals surface area contributed by atoms with E-state index in [1.807, 2.05) is 6.07 Å². The Morgan fingerprint density at radius 1 is 1.56 bits per heavy atom. The number of hydrogen-bond donors (Lipinski definition) is 1. The molecule has 1 aromatic carbocycles. The van der Waals surface area contributed by atoms with Gasteiger partial charge in [-0.15, -0.1) is 0 Å². The molecule has 0 radical (unpaired) electrons. The Labute approximate surface area is 92.9 Å². The van der Waals surface area contributed by atoms with Crippen LogP contribution in [0, 0.1) is 23.1 Å². The highest BCUT2D eigenvalue weighted by Crippen LogP contribution is 2.29. The van der Waals surface area contributed by atoms with Crippen molar-refractivity contribution in [2.24, 2.45) is 5.92 Å². The van der Waals surface area contributed by atoms with Crippen molar-refractivity contribution in [3.05, 3.63) is 29.6 Å². The summed E-state index contributed by atoms with van der Waals surface area (Å²) in [4.78, 5) is 11.6. The molecule has 1 aliphatic rings. The highest BCUT2D eigenvalue weighted by Gasteiger charge is 2.27. The van der Waals surface area contributed by atoms with Crippen molar-refractivity contribution in [3.8, 4) is 6.07 Å². The van der Waals surface area contributed by atoms with Crippen LogP contribution < -0.4 is 5.32 Å². The fraction of sp³-hybridized carbons (Fsp3) is 0.333. The van der Waals surface area contributed by atoms with Gasteiger partial charge in [0.15, 0.2) is 0 Å². The third-order valence-electron chi connectivity index (χ3n) is 2.79. The van der Waals surface area contributed by atoms with Crippen molar-refractivity contribution in [2.75, 3.05) is 5.32 Å². The van der Waals surface area contributed by atoms with Gasteiger partial charge in [0.2, 0.25) is 5.91 Å². The van der Waals surface area contributed by atoms with Crippen molar-refractivity contribution in [1.82, 2.24) is 0 Å². The first-order valence-electron chi connectivity index (χ1n) is 5.17. The summed E-state index contributed by atoms with van der Waals surface area (Å²) in [6, 6.07) is 6.78. The summed E-state index contributed by atoms with van der Waals surface area (Å²) in [5.74, 6) is -0.800. The van der Waals surface area contributed by atoms with Gasteiger partial charge in [0.05, 0.1) is 11.8 Å². The fourth-order valence-electron chi connectivity index (χ4n) is 1.93. The van der Waals surface area contributed by atoms with E-state index < -0.39 is 5.82 Å². The summed E-state index contributed by atoms with van der Waals surface area (Å²) < 4.78 is 13.4. The number of para-hydroxylation sites is 1. The summed E-state index contributed by atoms with van der Waals surface area (Å²) in [5.41, 5.74) is 1.10. The maximum absolute atomic E-state index is 13.4. The number of carbonyl (C=O) groups is 1. The summed E-state index contributed by atoms with van der Waals surface area (Å²) in [6.07, 6.45) is 1.39. The number of rotatable bonds is 2. The van der Waals surface area contributed by atoms with Crippen LogP contribution in [0.15, 0.2) is 18.2 Å². The van der Waals surface area contributed by atoms with Gasteiger partial charge in [-0.1, -0.05) is 12.1 Å². The largest absolute Gasteiger partial charge is 0.323 e. The van der Waals surface area contributed by atoms with E-state index in [9.17, 15) is 9.18 Å². The minimum atomic E-state index is -0.399. The average molecular weight is 218 g/mol. The first-order valence-corrected chi connectivity index (χ1v) is 5.17. The number of halogens is 1. The van der Waals surface area contributed by atoms with Gasteiger partial charge in [-0.2, -0.15) is 5.26 Å². The summed E-state index contributed by atoms with van der Waals surface area (Å²) in [6.45, 7) is 0. The lowest BCUT2D eigenvalue weighted by Crippen LogP contribution is -2.30. The molecule has 0 bridgehead atoms. The molecule has 1 atom stereocenters. The number of nitrogens with one attached hydrogen (secondary N) is 1. The number of nitrogens with zero attached hydrogens (tertiary/aromatic N) is 1. The third-order valence-corrected chi connectivity index (χ3v) is 2.79. The molecule has 0 saturated heterocycles. The first kappa shape index (κ1) is 10.6. The lowest BCUT2D eigenvalue weighted by Gasteiger charge is -2.24. The molecular formula is C12H11FN2O. The third kappa shape index (κ3) is 1.89. The lowest BCUT2D eigenvalue weighted by molar-refractivity contribution is -0.120. The predicted molar refractivity (Wildman–Crippen MR) is 57.1 cm³/mol. The van der Waals surface area contributed by atoms with Crippen LogP contribution in [0.25, 0.3) is 0 Å². The van der Waals surface area contributed by atoms with Crippen LogP contribution in [0.4, 0.5) is 10.1 Å². The topological polar surface area (TPSA) is 52.9 Å². The maximum Gasteiger partial charge on any atom is 0.227 e. The molecule has 1 aliphatic heterocycles. The van der Waals surface area contributed by atoms with Crippen molar-refractivity contribution in [2.45, 2.75) is 19.3 Å². The van der Waals surface area contributed by atoms with Gasteiger partial charge < -0.3 is 5.32 Å². The second-order valence-electron chi connectivity index (χ2n) is 3.86. The Bertz CT molecular complexity index is 465. The van der Waals surface area contributed by atoms with Crippen LogP contribution in [-0.4, -0.2) is 5.91 Å². The number of amides is 1. The Morgan fingerprint density at radius 2 is 2.38 bits per heavy atom. The number of hydrogen-bond acceptors (Lipinski definition) is 2. The highest BCUT2D eigenvalue weighted by molar-refractivity contribution is 5.95. The normalized spacial score (nSPS) is 18.5. The maximum atomic E-state index is 13.4. The Morgan fingerprint density at radius 3 is 3.12 bits per heavy atom. The Hall–Kier alpha value is -1.89. The quantitative estimate of drug-likeness (QED) is 0.827. The SMILES string of the molecule is N#CCCC1Cc2cccc(F)c2NC1=O. The van der Waals surface area contributed by atoms with E-state index >= 15 is 0 Å². The van der Waals surface area contributed by atoms with Gasteiger partial charge in [0.25, 0.3) is 0 Å². The molecule has 1 unspecified atom stereocenters. The van der Waals surface area contributed by atoms with Crippen molar-refractivity contribution < 1.29 is 9.18 Å². The zero-order chi connectivity index (χ0) is 11.5. The molecule has 1 amide bonds. The molecule has 16 heavy (non-hydrogen) atoms. The number of nitriles is 1. The number of carbonyl (C=O) groups excluding carboxylic acids is 1. The predicted octanol–water partition coefficient (Wildman–Crippen LogP) is 2.24. The molecule has 0 saturated carbocycles. The summed E-state index contributed by atoms with van der Waals surface area (Å²) >= 11 is 0. The molecule has 0 aliphatic carbocycles. The average Bonchev–Trinajstić information content (AvgIpc) is 2.28. The van der Waals surface area contributed by atoms with Crippen LogP contribution in [-0.2, 0) is 11.2 Å². The van der Waals surface area contributed by atoms with Crippen molar-refractivity contribution in [1.29, 1.82) is 5.26 Å². The van der Waals surface area contributed by atoms with Crippen molar-refractivity contribution in [3.63, 3.8) is 0 Å². The standard InChI is InChI=1S/C12H11FN2O/c13-10-5-1-3-8-7-9(4-2-6-14)12(16)15-11(8)10/h1,3,5,9H,2,4,7H2,(H,15,16). The minimum absolute atomic E-state index is 0.187. The smallest absolute Gasteiger partial charge is 0.227 e. The van der Waals surface area contributed by atoms with E-state index in [0.717, 1.165) is 5.56 Å². The molecule has 1 aromatic rings. The monoisotopic (exact) mass is 218 g/mol. The number of fused-ring (bicyclic) bond motifs is 1. The molecule has 3 nitrogen and oxygen atoms in total. The molecule has 0 fully saturated rings.